The summed E-state index contributed by atoms with van der Waals surface area (Å²) < 4.78 is 26.2. The number of aromatic nitrogens is 1. The van der Waals surface area contributed by atoms with E-state index in [2.05, 4.69) is 9.71 Å². The molecule has 0 unspecified atom stereocenters. The minimum absolute atomic E-state index is 0.0902. The molecule has 0 saturated heterocycles. The molecule has 2 N–H and O–H groups in total. The number of benzene rings is 1. The van der Waals surface area contributed by atoms with Gasteiger partial charge >= 0.3 is 0 Å². The standard InChI is InChI=1S/C12H11N3O5S/c16-12-5-4-11(8-13-12)21(19,20)14-7-9-2-1-3-10(6-9)15(17)18/h1-6,8,14H,7H2,(H,13,16). The second-order valence-electron chi connectivity index (χ2n) is 4.14. The van der Waals surface area contributed by atoms with Crippen molar-refractivity contribution in [1.29, 1.82) is 0 Å². The van der Waals surface area contributed by atoms with Gasteiger partial charge in [0.25, 0.3) is 5.69 Å². The summed E-state index contributed by atoms with van der Waals surface area (Å²) >= 11 is 0. The summed E-state index contributed by atoms with van der Waals surface area (Å²) in [5, 5.41) is 10.6. The van der Waals surface area contributed by atoms with Gasteiger partial charge in [0, 0.05) is 30.9 Å². The molecule has 0 aliphatic heterocycles. The first-order chi connectivity index (χ1) is 9.88. The SMILES string of the molecule is O=c1ccc(S(=O)(=O)NCc2cccc([N+](=O)[O-])c2)c[nH]1. The van der Waals surface area contributed by atoms with Crippen molar-refractivity contribution in [3.05, 3.63) is 68.6 Å². The predicted octanol–water partition coefficient (Wildman–Crippen LogP) is 0.762. The first-order valence-corrected chi connectivity index (χ1v) is 7.28. The van der Waals surface area contributed by atoms with Crippen LogP contribution in [0, 0.1) is 10.1 Å². The highest BCUT2D eigenvalue weighted by molar-refractivity contribution is 7.89. The van der Waals surface area contributed by atoms with Gasteiger partial charge in [-0.25, -0.2) is 13.1 Å². The number of nitrogens with zero attached hydrogens (tertiary/aromatic N) is 1. The van der Waals surface area contributed by atoms with Crippen molar-refractivity contribution in [2.45, 2.75) is 11.4 Å². The van der Waals surface area contributed by atoms with E-state index in [0.717, 1.165) is 12.3 Å². The number of hydrogen-bond donors (Lipinski definition) is 2. The van der Waals surface area contributed by atoms with E-state index in [9.17, 15) is 23.3 Å². The fraction of sp³-hybridized carbons (Fsp3) is 0.0833. The summed E-state index contributed by atoms with van der Waals surface area (Å²) in [6.07, 6.45) is 1.08. The van der Waals surface area contributed by atoms with E-state index in [-0.39, 0.29) is 17.1 Å². The molecule has 0 aliphatic carbocycles. The van der Waals surface area contributed by atoms with Gasteiger partial charge in [-0.05, 0) is 11.6 Å². The zero-order chi connectivity index (χ0) is 15.5. The number of sulfonamides is 1. The van der Waals surface area contributed by atoms with Gasteiger partial charge in [0.15, 0.2) is 0 Å². The lowest BCUT2D eigenvalue weighted by Crippen LogP contribution is -2.24. The maximum atomic E-state index is 12.0. The number of aromatic amines is 1. The van der Waals surface area contributed by atoms with E-state index in [1.807, 2.05) is 0 Å². The highest BCUT2D eigenvalue weighted by Gasteiger charge is 2.14. The molecule has 0 spiro atoms. The Bertz CT molecular complexity index is 808. The molecule has 0 atom stereocenters. The predicted molar refractivity (Wildman–Crippen MR) is 74.2 cm³/mol. The molecular formula is C12H11N3O5S. The Labute approximate surface area is 119 Å². The van der Waals surface area contributed by atoms with Crippen molar-refractivity contribution in [2.24, 2.45) is 0 Å². The molecule has 8 nitrogen and oxygen atoms in total. The van der Waals surface area contributed by atoms with E-state index in [0.29, 0.717) is 5.56 Å². The molecule has 0 amide bonds. The van der Waals surface area contributed by atoms with E-state index in [1.165, 1.54) is 24.3 Å². The normalized spacial score (nSPS) is 11.2. The minimum atomic E-state index is -3.80. The lowest BCUT2D eigenvalue weighted by atomic mass is 10.2. The Morgan fingerprint density at radius 2 is 2.00 bits per heavy atom. The monoisotopic (exact) mass is 309 g/mol. The summed E-state index contributed by atoms with van der Waals surface area (Å²) in [5.74, 6) is 0. The van der Waals surface area contributed by atoms with Crippen LogP contribution in [0.5, 0.6) is 0 Å². The van der Waals surface area contributed by atoms with Gasteiger partial charge in [-0.1, -0.05) is 12.1 Å². The number of non-ortho nitro benzene ring substituents is 1. The zero-order valence-corrected chi connectivity index (χ0v) is 11.5. The highest BCUT2D eigenvalue weighted by Crippen LogP contribution is 2.13. The average Bonchev–Trinajstić information content (AvgIpc) is 2.46. The van der Waals surface area contributed by atoms with Gasteiger partial charge in [0.2, 0.25) is 15.6 Å². The maximum absolute atomic E-state index is 12.0. The molecule has 110 valence electrons. The van der Waals surface area contributed by atoms with E-state index < -0.39 is 20.5 Å². The number of rotatable bonds is 5. The van der Waals surface area contributed by atoms with Crippen LogP contribution in [0.4, 0.5) is 5.69 Å². The molecule has 1 heterocycles. The smallest absolute Gasteiger partial charge is 0.269 e. The van der Waals surface area contributed by atoms with Gasteiger partial charge in [0.05, 0.1) is 9.82 Å². The number of H-pyrrole nitrogens is 1. The third kappa shape index (κ3) is 3.74. The van der Waals surface area contributed by atoms with Crippen LogP contribution >= 0.6 is 0 Å². The summed E-state index contributed by atoms with van der Waals surface area (Å²) in [6.45, 7) is -0.0941. The van der Waals surface area contributed by atoms with Gasteiger partial charge in [-0.3, -0.25) is 14.9 Å². The van der Waals surface area contributed by atoms with E-state index in [1.54, 1.807) is 6.07 Å². The Morgan fingerprint density at radius 3 is 2.62 bits per heavy atom. The van der Waals surface area contributed by atoms with Crippen LogP contribution < -0.4 is 10.3 Å². The average molecular weight is 309 g/mol. The molecular weight excluding hydrogens is 298 g/mol. The molecule has 1 aromatic carbocycles. The molecule has 0 saturated carbocycles. The van der Waals surface area contributed by atoms with Crippen LogP contribution in [0.15, 0.2) is 52.3 Å². The molecule has 21 heavy (non-hydrogen) atoms. The molecule has 0 fully saturated rings. The summed E-state index contributed by atoms with van der Waals surface area (Å²) in [5.41, 5.74) is -0.0689. The second-order valence-corrected chi connectivity index (χ2v) is 5.91. The van der Waals surface area contributed by atoms with Crippen molar-refractivity contribution in [2.75, 3.05) is 0 Å². The zero-order valence-electron chi connectivity index (χ0n) is 10.6. The van der Waals surface area contributed by atoms with Crippen molar-refractivity contribution in [3.8, 4) is 0 Å². The Morgan fingerprint density at radius 1 is 1.24 bits per heavy atom. The first-order valence-electron chi connectivity index (χ1n) is 5.80. The summed E-state index contributed by atoms with van der Waals surface area (Å²) in [4.78, 5) is 23.2. The first kappa shape index (κ1) is 14.9. The number of nitro benzene ring substituents is 1. The fourth-order valence-corrected chi connectivity index (χ4v) is 2.59. The number of pyridine rings is 1. The lowest BCUT2D eigenvalue weighted by molar-refractivity contribution is -0.384. The van der Waals surface area contributed by atoms with Gasteiger partial charge < -0.3 is 4.98 Å². The Balaban J connectivity index is 2.15. The Kier molecular flexibility index (Phi) is 4.15. The van der Waals surface area contributed by atoms with Crippen molar-refractivity contribution in [3.63, 3.8) is 0 Å². The van der Waals surface area contributed by atoms with Gasteiger partial charge in [0.1, 0.15) is 0 Å². The van der Waals surface area contributed by atoms with Crippen LogP contribution in [0.25, 0.3) is 0 Å². The minimum Gasteiger partial charge on any atom is -0.328 e. The molecule has 2 rings (SSSR count). The van der Waals surface area contributed by atoms with Crippen molar-refractivity contribution < 1.29 is 13.3 Å². The largest absolute Gasteiger partial charge is 0.328 e. The van der Waals surface area contributed by atoms with Crippen LogP contribution in [-0.2, 0) is 16.6 Å². The molecule has 0 bridgehead atoms. The van der Waals surface area contributed by atoms with E-state index >= 15 is 0 Å². The molecule has 1 aromatic heterocycles. The number of nitrogens with one attached hydrogen (secondary N) is 2. The quantitative estimate of drug-likeness (QED) is 0.623. The topological polar surface area (TPSA) is 122 Å². The Hall–Kier alpha value is -2.52. The van der Waals surface area contributed by atoms with Gasteiger partial charge in [-0.2, -0.15) is 0 Å². The third-order valence-electron chi connectivity index (χ3n) is 2.65. The molecule has 0 radical (unpaired) electrons. The third-order valence-corrected chi connectivity index (χ3v) is 4.05. The van der Waals surface area contributed by atoms with Crippen LogP contribution in [0.3, 0.4) is 0 Å². The van der Waals surface area contributed by atoms with Crippen LogP contribution in [-0.4, -0.2) is 18.3 Å². The fourth-order valence-electron chi connectivity index (χ4n) is 1.61. The van der Waals surface area contributed by atoms with E-state index in [4.69, 9.17) is 0 Å². The van der Waals surface area contributed by atoms with Crippen molar-refractivity contribution in [1.82, 2.24) is 9.71 Å². The van der Waals surface area contributed by atoms with Crippen LogP contribution in [0.1, 0.15) is 5.56 Å². The molecule has 0 aliphatic rings. The number of nitro groups is 1. The van der Waals surface area contributed by atoms with Gasteiger partial charge in [-0.15, -0.1) is 0 Å². The van der Waals surface area contributed by atoms with Crippen LogP contribution in [0.2, 0.25) is 0 Å². The molecule has 9 heteroatoms. The highest BCUT2D eigenvalue weighted by atomic mass is 32.2. The summed E-state index contributed by atoms with van der Waals surface area (Å²) in [7, 11) is -3.80. The lowest BCUT2D eigenvalue weighted by Gasteiger charge is -2.06. The maximum Gasteiger partial charge on any atom is 0.269 e. The molecule has 2 aromatic rings. The number of hydrogen-bond acceptors (Lipinski definition) is 5. The summed E-state index contributed by atoms with van der Waals surface area (Å²) in [6, 6.07) is 7.93. The second kappa shape index (κ2) is 5.85. The van der Waals surface area contributed by atoms with Crippen molar-refractivity contribution >= 4 is 15.7 Å².